The second kappa shape index (κ2) is 5.74. The van der Waals surface area contributed by atoms with E-state index in [-0.39, 0.29) is 5.91 Å². The number of nitrogens with zero attached hydrogens (tertiary/aromatic N) is 2. The molecule has 1 aromatic carbocycles. The van der Waals surface area contributed by atoms with E-state index in [1.807, 2.05) is 62.0 Å². The zero-order valence-corrected chi connectivity index (χ0v) is 14.3. The third-order valence-corrected chi connectivity index (χ3v) is 4.95. The van der Waals surface area contributed by atoms with Crippen LogP contribution in [0.2, 0.25) is 0 Å². The van der Waals surface area contributed by atoms with Crippen LogP contribution in [0.4, 0.5) is 5.69 Å². The molecule has 0 atom stereocenters. The van der Waals surface area contributed by atoms with E-state index in [0.29, 0.717) is 9.23 Å². The van der Waals surface area contributed by atoms with Crippen LogP contribution >= 0.6 is 24.0 Å². The Balaban J connectivity index is 1.98. The van der Waals surface area contributed by atoms with Crippen molar-refractivity contribution in [1.29, 1.82) is 0 Å². The fraction of sp³-hybridized carbons (Fsp3) is 0.176. The van der Waals surface area contributed by atoms with Crippen molar-refractivity contribution in [3.63, 3.8) is 0 Å². The van der Waals surface area contributed by atoms with Crippen LogP contribution in [0.15, 0.2) is 41.4 Å². The summed E-state index contributed by atoms with van der Waals surface area (Å²) in [6, 6.07) is 9.96. The van der Waals surface area contributed by atoms with Crippen molar-refractivity contribution < 1.29 is 4.79 Å². The predicted octanol–water partition coefficient (Wildman–Crippen LogP) is 4.05. The summed E-state index contributed by atoms with van der Waals surface area (Å²) in [5, 5.41) is 0. The summed E-state index contributed by atoms with van der Waals surface area (Å²) in [4.78, 5) is 15.0. The number of amides is 1. The van der Waals surface area contributed by atoms with Crippen molar-refractivity contribution in [2.24, 2.45) is 7.05 Å². The largest absolute Gasteiger partial charge is 0.351 e. The molecule has 1 amide bonds. The molecule has 1 saturated heterocycles. The number of benzene rings is 1. The molecule has 0 saturated carbocycles. The highest BCUT2D eigenvalue weighted by Gasteiger charge is 2.34. The lowest BCUT2D eigenvalue weighted by atomic mass is 10.1. The third-order valence-electron chi connectivity index (χ3n) is 3.65. The lowest BCUT2D eigenvalue weighted by Crippen LogP contribution is -2.28. The summed E-state index contributed by atoms with van der Waals surface area (Å²) in [5.41, 5.74) is 4.08. The van der Waals surface area contributed by atoms with Crippen LogP contribution in [0, 0.1) is 13.8 Å². The summed E-state index contributed by atoms with van der Waals surface area (Å²) in [5.74, 6) is -0.0526. The molecule has 0 radical (unpaired) electrons. The Bertz CT molecular complexity index is 805. The number of thioether (sulfide) groups is 1. The number of hydrogen-bond acceptors (Lipinski definition) is 3. The second-order valence-corrected chi connectivity index (χ2v) is 7.03. The molecule has 1 fully saturated rings. The van der Waals surface area contributed by atoms with Crippen LogP contribution in [0.3, 0.4) is 0 Å². The highest BCUT2D eigenvalue weighted by molar-refractivity contribution is 8.27. The van der Waals surface area contributed by atoms with Gasteiger partial charge in [0.2, 0.25) is 0 Å². The minimum atomic E-state index is -0.0526. The van der Waals surface area contributed by atoms with Crippen LogP contribution in [0.1, 0.15) is 16.8 Å². The zero-order chi connectivity index (χ0) is 15.9. The van der Waals surface area contributed by atoms with Crippen LogP contribution < -0.4 is 4.90 Å². The molecule has 22 heavy (non-hydrogen) atoms. The van der Waals surface area contributed by atoms with Crippen LogP contribution in [-0.4, -0.2) is 14.8 Å². The summed E-state index contributed by atoms with van der Waals surface area (Å²) < 4.78 is 2.56. The Morgan fingerprint density at radius 2 is 2.00 bits per heavy atom. The number of anilines is 1. The van der Waals surface area contributed by atoms with Crippen LogP contribution in [-0.2, 0) is 11.8 Å². The number of carbonyl (C=O) groups is 1. The minimum Gasteiger partial charge on any atom is -0.351 e. The van der Waals surface area contributed by atoms with E-state index >= 15 is 0 Å². The summed E-state index contributed by atoms with van der Waals surface area (Å²) in [6.07, 6.45) is 3.85. The van der Waals surface area contributed by atoms with E-state index in [9.17, 15) is 4.79 Å². The van der Waals surface area contributed by atoms with Crippen molar-refractivity contribution in [2.75, 3.05) is 4.90 Å². The number of carbonyl (C=O) groups excluding carboxylic acids is 1. The van der Waals surface area contributed by atoms with E-state index < -0.39 is 0 Å². The number of thiocarbonyl (C=S) groups is 1. The Morgan fingerprint density at radius 1 is 1.23 bits per heavy atom. The average molecular weight is 328 g/mol. The molecule has 5 heteroatoms. The van der Waals surface area contributed by atoms with Gasteiger partial charge in [-0.1, -0.05) is 41.7 Å². The third kappa shape index (κ3) is 2.62. The Kier molecular flexibility index (Phi) is 3.93. The van der Waals surface area contributed by atoms with Gasteiger partial charge in [0, 0.05) is 18.9 Å². The number of hydrogen-bond donors (Lipinski definition) is 0. The molecule has 112 valence electrons. The molecule has 3 rings (SSSR count). The highest BCUT2D eigenvalue weighted by Crippen LogP contribution is 2.37. The van der Waals surface area contributed by atoms with Gasteiger partial charge >= 0.3 is 0 Å². The molecule has 0 aliphatic carbocycles. The number of aromatic nitrogens is 1. The lowest BCUT2D eigenvalue weighted by Gasteiger charge is -2.17. The van der Waals surface area contributed by atoms with Crippen LogP contribution in [0.25, 0.3) is 6.08 Å². The number of aryl methyl sites for hydroxylation is 3. The molecule has 1 aliphatic rings. The van der Waals surface area contributed by atoms with Gasteiger partial charge in [-0.05, 0) is 43.7 Å². The number of rotatable bonds is 2. The van der Waals surface area contributed by atoms with Gasteiger partial charge in [0.05, 0.1) is 10.6 Å². The molecule has 1 aromatic heterocycles. The first-order valence-electron chi connectivity index (χ1n) is 6.94. The molecule has 2 aromatic rings. The summed E-state index contributed by atoms with van der Waals surface area (Å²) in [6.45, 7) is 4.04. The second-order valence-electron chi connectivity index (χ2n) is 5.35. The maximum atomic E-state index is 12.7. The quantitative estimate of drug-likeness (QED) is 0.614. The van der Waals surface area contributed by atoms with Gasteiger partial charge in [0.25, 0.3) is 5.91 Å². The van der Waals surface area contributed by atoms with E-state index in [0.717, 1.165) is 16.9 Å². The molecule has 0 unspecified atom stereocenters. The zero-order valence-electron chi connectivity index (χ0n) is 12.7. The molecule has 0 N–H and O–H groups in total. The first-order chi connectivity index (χ1) is 10.5. The first kappa shape index (κ1) is 15.1. The summed E-state index contributed by atoms with van der Waals surface area (Å²) >= 11 is 6.77. The van der Waals surface area contributed by atoms with Crippen molar-refractivity contribution >= 4 is 46.0 Å². The Morgan fingerprint density at radius 3 is 2.64 bits per heavy atom. The summed E-state index contributed by atoms with van der Waals surface area (Å²) in [7, 11) is 1.96. The Hall–Kier alpha value is -1.85. The van der Waals surface area contributed by atoms with Gasteiger partial charge < -0.3 is 4.57 Å². The lowest BCUT2D eigenvalue weighted by molar-refractivity contribution is -0.113. The standard InChI is InChI=1S/C17H16N2OS2/c1-11-6-7-14(12(2)9-11)19-16(20)15(22-17(19)21)10-13-5-4-8-18(13)3/h4-10H,1-3H3/b15-10-. The molecule has 2 heterocycles. The predicted molar refractivity (Wildman–Crippen MR) is 97.0 cm³/mol. The monoisotopic (exact) mass is 328 g/mol. The fourth-order valence-electron chi connectivity index (χ4n) is 2.49. The molecule has 0 bridgehead atoms. The van der Waals surface area contributed by atoms with Gasteiger partial charge in [-0.15, -0.1) is 0 Å². The molecule has 0 spiro atoms. The molecular weight excluding hydrogens is 312 g/mol. The van der Waals surface area contributed by atoms with Gasteiger partial charge in [-0.2, -0.15) is 0 Å². The van der Waals surface area contributed by atoms with Crippen molar-refractivity contribution in [3.05, 3.63) is 58.3 Å². The maximum Gasteiger partial charge on any atom is 0.270 e. The SMILES string of the molecule is Cc1ccc(N2C(=O)/C(=C/c3cccn3C)SC2=S)c(C)c1. The molecule has 1 aliphatic heterocycles. The van der Waals surface area contributed by atoms with Crippen LogP contribution in [0.5, 0.6) is 0 Å². The van der Waals surface area contributed by atoms with Gasteiger partial charge in [0.1, 0.15) is 0 Å². The van der Waals surface area contributed by atoms with Gasteiger partial charge in [0.15, 0.2) is 4.32 Å². The molecular formula is C17H16N2OS2. The Labute approximate surface area is 139 Å². The topological polar surface area (TPSA) is 25.2 Å². The van der Waals surface area contributed by atoms with E-state index in [4.69, 9.17) is 12.2 Å². The van der Waals surface area contributed by atoms with E-state index in [2.05, 4.69) is 6.07 Å². The maximum absolute atomic E-state index is 12.7. The fourth-order valence-corrected chi connectivity index (χ4v) is 3.76. The first-order valence-corrected chi connectivity index (χ1v) is 8.16. The minimum absolute atomic E-state index is 0.0526. The molecule has 3 nitrogen and oxygen atoms in total. The van der Waals surface area contributed by atoms with Crippen molar-refractivity contribution in [3.8, 4) is 0 Å². The van der Waals surface area contributed by atoms with Gasteiger partial charge in [-0.25, -0.2) is 0 Å². The van der Waals surface area contributed by atoms with Crippen molar-refractivity contribution in [2.45, 2.75) is 13.8 Å². The van der Waals surface area contributed by atoms with E-state index in [1.165, 1.54) is 17.3 Å². The van der Waals surface area contributed by atoms with Crippen molar-refractivity contribution in [1.82, 2.24) is 4.57 Å². The smallest absolute Gasteiger partial charge is 0.270 e. The van der Waals surface area contributed by atoms with E-state index in [1.54, 1.807) is 4.90 Å². The van der Waals surface area contributed by atoms with Gasteiger partial charge in [-0.3, -0.25) is 9.69 Å². The average Bonchev–Trinajstić information content (AvgIpc) is 2.97. The normalized spacial score (nSPS) is 16.9. The highest BCUT2D eigenvalue weighted by atomic mass is 32.2.